The molecule has 0 radical (unpaired) electrons. The summed E-state index contributed by atoms with van der Waals surface area (Å²) in [6, 6.07) is 1.91. The molecule has 2 aromatic rings. The molecular weight excluding hydrogens is 457 g/mol. The fourth-order valence-electron chi connectivity index (χ4n) is 6.19. The summed E-state index contributed by atoms with van der Waals surface area (Å²) in [4.78, 5) is 19.4. The molecule has 0 amide bonds. The molecule has 1 aliphatic carbocycles. The van der Waals surface area contributed by atoms with Gasteiger partial charge in [0, 0.05) is 36.3 Å². The zero-order valence-electron chi connectivity index (χ0n) is 21.3. The Morgan fingerprint density at radius 2 is 1.83 bits per heavy atom. The number of carboxylic acid groups (broad SMARTS) is 1. The lowest BCUT2D eigenvalue weighted by Gasteiger charge is -2.44. The molecule has 0 spiro atoms. The van der Waals surface area contributed by atoms with E-state index in [0.717, 1.165) is 35.7 Å². The van der Waals surface area contributed by atoms with E-state index in [4.69, 9.17) is 10.1 Å². The smallest absolute Gasteiger partial charge is 0.391 e. The number of fused-ring (bicyclic) bond motifs is 1. The first-order valence-electron chi connectivity index (χ1n) is 12.8. The van der Waals surface area contributed by atoms with E-state index in [1.54, 1.807) is 0 Å². The van der Waals surface area contributed by atoms with Crippen LogP contribution in [0.4, 0.5) is 19.0 Å². The van der Waals surface area contributed by atoms with Crippen molar-refractivity contribution in [1.82, 2.24) is 14.6 Å². The van der Waals surface area contributed by atoms with Crippen molar-refractivity contribution in [1.29, 1.82) is 0 Å². The second-order valence-electron chi connectivity index (χ2n) is 11.2. The van der Waals surface area contributed by atoms with Gasteiger partial charge in [-0.15, -0.1) is 0 Å². The Morgan fingerprint density at radius 3 is 2.37 bits per heavy atom. The third-order valence-corrected chi connectivity index (χ3v) is 8.36. The molecule has 1 saturated heterocycles. The van der Waals surface area contributed by atoms with Crippen molar-refractivity contribution < 1.29 is 23.1 Å². The number of aryl methyl sites for hydroxylation is 1. The number of anilines is 1. The molecule has 3 heterocycles. The number of piperidine rings is 1. The summed E-state index contributed by atoms with van der Waals surface area (Å²) in [6.07, 6.45) is -1.57. The quantitative estimate of drug-likeness (QED) is 0.526. The average molecular weight is 495 g/mol. The maximum atomic E-state index is 13.2. The van der Waals surface area contributed by atoms with Gasteiger partial charge in [-0.3, -0.25) is 4.79 Å². The van der Waals surface area contributed by atoms with Crippen LogP contribution in [0, 0.1) is 24.2 Å². The lowest BCUT2D eigenvalue weighted by atomic mass is 9.71. The first-order chi connectivity index (χ1) is 16.3. The van der Waals surface area contributed by atoms with Crippen LogP contribution in [0.3, 0.4) is 0 Å². The van der Waals surface area contributed by atoms with Gasteiger partial charge in [-0.05, 0) is 57.3 Å². The molecule has 4 rings (SSSR count). The Hall–Kier alpha value is -2.32. The summed E-state index contributed by atoms with van der Waals surface area (Å²) in [6.45, 7) is 11.2. The number of nitrogens with zero attached hydrogens (tertiary/aromatic N) is 4. The Labute approximate surface area is 204 Å². The number of hydrogen-bond donors (Lipinski definition) is 1. The van der Waals surface area contributed by atoms with Gasteiger partial charge in [0.25, 0.3) is 0 Å². The SMILES string of the molecule is Cc1nc2cc(C3CCC(C(F)(F)F)CC3)nn2c(N2CCC[C@@](C(=O)O)(C(C)C)C2)c1C(C)C. The number of rotatable bonds is 5. The summed E-state index contributed by atoms with van der Waals surface area (Å²) in [7, 11) is 0. The molecular formula is C26H37F3N4O2. The summed E-state index contributed by atoms with van der Waals surface area (Å²) in [5.74, 6) is -1.02. The summed E-state index contributed by atoms with van der Waals surface area (Å²) in [5, 5.41) is 15.1. The molecule has 35 heavy (non-hydrogen) atoms. The zero-order valence-corrected chi connectivity index (χ0v) is 21.3. The number of carboxylic acids is 1. The van der Waals surface area contributed by atoms with E-state index in [9.17, 15) is 23.1 Å². The fourth-order valence-corrected chi connectivity index (χ4v) is 6.19. The number of halogens is 3. The van der Waals surface area contributed by atoms with Crippen molar-refractivity contribution in [3.8, 4) is 0 Å². The van der Waals surface area contributed by atoms with Crippen LogP contribution in [-0.4, -0.2) is 44.9 Å². The largest absolute Gasteiger partial charge is 0.481 e. The van der Waals surface area contributed by atoms with Gasteiger partial charge in [0.1, 0.15) is 5.82 Å². The summed E-state index contributed by atoms with van der Waals surface area (Å²) in [5.41, 5.74) is 2.53. The molecule has 1 atom stereocenters. The lowest BCUT2D eigenvalue weighted by molar-refractivity contribution is -0.182. The van der Waals surface area contributed by atoms with E-state index in [2.05, 4.69) is 18.7 Å². The van der Waals surface area contributed by atoms with Crippen molar-refractivity contribution in [3.63, 3.8) is 0 Å². The minimum atomic E-state index is -4.14. The van der Waals surface area contributed by atoms with Crippen LogP contribution in [0.5, 0.6) is 0 Å². The van der Waals surface area contributed by atoms with E-state index in [1.165, 1.54) is 0 Å². The van der Waals surface area contributed by atoms with Crippen molar-refractivity contribution in [2.24, 2.45) is 17.3 Å². The topological polar surface area (TPSA) is 70.7 Å². The van der Waals surface area contributed by atoms with Crippen molar-refractivity contribution >= 4 is 17.4 Å². The van der Waals surface area contributed by atoms with Gasteiger partial charge >= 0.3 is 12.1 Å². The molecule has 6 nitrogen and oxygen atoms in total. The molecule has 1 saturated carbocycles. The Balaban J connectivity index is 1.76. The maximum Gasteiger partial charge on any atom is 0.391 e. The van der Waals surface area contributed by atoms with E-state index in [0.29, 0.717) is 31.5 Å². The molecule has 2 aromatic heterocycles. The second kappa shape index (κ2) is 9.28. The van der Waals surface area contributed by atoms with Gasteiger partial charge in [-0.25, -0.2) is 4.98 Å². The number of aliphatic carboxylic acids is 1. The normalized spacial score (nSPS) is 26.2. The highest BCUT2D eigenvalue weighted by Crippen LogP contribution is 2.44. The predicted octanol–water partition coefficient (Wildman–Crippen LogP) is 6.32. The molecule has 0 unspecified atom stereocenters. The van der Waals surface area contributed by atoms with Crippen LogP contribution in [0.1, 0.15) is 95.0 Å². The van der Waals surface area contributed by atoms with Gasteiger partial charge in [0.05, 0.1) is 17.0 Å². The van der Waals surface area contributed by atoms with E-state index in [1.807, 2.05) is 31.4 Å². The van der Waals surface area contributed by atoms with Crippen LogP contribution < -0.4 is 4.90 Å². The molecule has 0 bridgehead atoms. The number of carbonyl (C=O) groups is 1. The van der Waals surface area contributed by atoms with Crippen LogP contribution in [-0.2, 0) is 4.79 Å². The monoisotopic (exact) mass is 494 g/mol. The number of alkyl halides is 3. The summed E-state index contributed by atoms with van der Waals surface area (Å²) >= 11 is 0. The molecule has 1 N–H and O–H groups in total. The highest BCUT2D eigenvalue weighted by molar-refractivity contribution is 5.76. The third-order valence-electron chi connectivity index (χ3n) is 8.36. The maximum absolute atomic E-state index is 13.2. The highest BCUT2D eigenvalue weighted by Gasteiger charge is 2.46. The number of aromatic nitrogens is 3. The van der Waals surface area contributed by atoms with Crippen LogP contribution in [0.15, 0.2) is 6.07 Å². The van der Waals surface area contributed by atoms with Crippen molar-refractivity contribution in [2.75, 3.05) is 18.0 Å². The highest BCUT2D eigenvalue weighted by atomic mass is 19.4. The van der Waals surface area contributed by atoms with Crippen molar-refractivity contribution in [2.45, 2.75) is 91.2 Å². The van der Waals surface area contributed by atoms with Gasteiger partial charge in [0.15, 0.2) is 5.65 Å². The van der Waals surface area contributed by atoms with Crippen LogP contribution in [0.2, 0.25) is 0 Å². The Bertz CT molecular complexity index is 1090. The average Bonchev–Trinajstić information content (AvgIpc) is 3.20. The van der Waals surface area contributed by atoms with E-state index >= 15 is 0 Å². The fraction of sp³-hybridized carbons (Fsp3) is 0.731. The zero-order chi connectivity index (χ0) is 25.7. The van der Waals surface area contributed by atoms with Gasteiger partial charge in [0.2, 0.25) is 0 Å². The minimum Gasteiger partial charge on any atom is -0.481 e. The molecule has 0 aromatic carbocycles. The standard InChI is InChI=1S/C26H37F3N4O2/c1-15(2)22-17(5)30-21-13-20(18-7-9-19(10-8-18)26(27,28)29)31-33(21)23(22)32-12-6-11-25(14-32,16(3)4)24(34)35/h13,15-16,18-19H,6-12,14H2,1-5H3,(H,34,35)/t18?,19?,25-/m0/s1. The van der Waals surface area contributed by atoms with E-state index < -0.39 is 23.5 Å². The van der Waals surface area contributed by atoms with Gasteiger partial charge < -0.3 is 10.0 Å². The van der Waals surface area contributed by atoms with Gasteiger partial charge in [-0.1, -0.05) is 27.7 Å². The molecule has 194 valence electrons. The number of hydrogen-bond acceptors (Lipinski definition) is 4. The molecule has 1 aliphatic heterocycles. The Morgan fingerprint density at radius 1 is 1.17 bits per heavy atom. The summed E-state index contributed by atoms with van der Waals surface area (Å²) < 4.78 is 41.3. The third kappa shape index (κ3) is 4.62. The Kier molecular flexibility index (Phi) is 6.83. The molecule has 2 aliphatic rings. The van der Waals surface area contributed by atoms with Gasteiger partial charge in [-0.2, -0.15) is 22.8 Å². The van der Waals surface area contributed by atoms with Crippen molar-refractivity contribution in [3.05, 3.63) is 23.0 Å². The van der Waals surface area contributed by atoms with Crippen LogP contribution in [0.25, 0.3) is 5.65 Å². The minimum absolute atomic E-state index is 0.0268. The molecule has 9 heteroatoms. The second-order valence-corrected chi connectivity index (χ2v) is 11.2. The first-order valence-corrected chi connectivity index (χ1v) is 12.8. The van der Waals surface area contributed by atoms with Crippen LogP contribution >= 0.6 is 0 Å². The predicted molar refractivity (Wildman–Crippen MR) is 129 cm³/mol. The molecule has 2 fully saturated rings. The first kappa shape index (κ1) is 25.8. The van der Waals surface area contributed by atoms with E-state index in [-0.39, 0.29) is 30.6 Å². The lowest BCUT2D eigenvalue weighted by Crippen LogP contribution is -2.51.